The van der Waals surface area contributed by atoms with Crippen LogP contribution in [-0.2, 0) is 13.6 Å². The number of hydrogen-bond acceptors (Lipinski definition) is 6. The maximum absolute atomic E-state index is 12.5. The fraction of sp³-hybridized carbons (Fsp3) is 0.529. The lowest BCUT2D eigenvalue weighted by molar-refractivity contribution is 0.0766. The maximum atomic E-state index is 12.5. The van der Waals surface area contributed by atoms with Gasteiger partial charge in [-0.15, -0.1) is 5.10 Å². The van der Waals surface area contributed by atoms with Crippen LogP contribution < -0.4 is 5.56 Å². The molecule has 0 spiro atoms. The number of aromatic nitrogens is 3. The molecule has 0 aromatic carbocycles. The summed E-state index contributed by atoms with van der Waals surface area (Å²) in [5.41, 5.74) is 1.18. The molecule has 0 bridgehead atoms. The Balaban J connectivity index is 1.42. The predicted octanol–water partition coefficient (Wildman–Crippen LogP) is 0.831. The van der Waals surface area contributed by atoms with Gasteiger partial charge in [-0.05, 0) is 29.1 Å². The first-order valence-electron chi connectivity index (χ1n) is 8.39. The van der Waals surface area contributed by atoms with Crippen LogP contribution in [0.15, 0.2) is 29.3 Å². The van der Waals surface area contributed by atoms with Gasteiger partial charge in [-0.3, -0.25) is 14.5 Å². The number of rotatable bonds is 3. The van der Waals surface area contributed by atoms with Crippen LogP contribution in [0.2, 0.25) is 0 Å². The van der Waals surface area contributed by atoms with E-state index in [1.807, 2.05) is 17.2 Å². The summed E-state index contributed by atoms with van der Waals surface area (Å²) in [5, 5.41) is 3.76. The molecule has 0 aliphatic carbocycles. The molecule has 132 valence electrons. The average molecular weight is 359 g/mol. The van der Waals surface area contributed by atoms with Gasteiger partial charge in [0, 0.05) is 57.4 Å². The number of carbonyl (C=O) groups excluding carboxylic acids is 1. The zero-order chi connectivity index (χ0) is 17.6. The Labute approximate surface area is 150 Å². The third kappa shape index (κ3) is 3.00. The van der Waals surface area contributed by atoms with Crippen LogP contribution in [0.3, 0.4) is 0 Å². The zero-order valence-corrected chi connectivity index (χ0v) is 15.2. The number of pyridine rings is 1. The molecule has 0 radical (unpaired) electrons. The van der Waals surface area contributed by atoms with Crippen molar-refractivity contribution >= 4 is 17.4 Å². The summed E-state index contributed by atoms with van der Waals surface area (Å²) in [6.07, 6.45) is 3.37. The topological polar surface area (TPSA) is 71.3 Å². The molecule has 25 heavy (non-hydrogen) atoms. The minimum atomic E-state index is 0.0260. The van der Waals surface area contributed by atoms with Gasteiger partial charge in [0.15, 0.2) is 0 Å². The van der Waals surface area contributed by atoms with E-state index in [2.05, 4.69) is 21.4 Å². The number of carbonyl (C=O) groups is 1. The molecule has 0 unspecified atom stereocenters. The van der Waals surface area contributed by atoms with Gasteiger partial charge >= 0.3 is 0 Å². The second kappa shape index (κ2) is 6.03. The maximum Gasteiger partial charge on any atom is 0.267 e. The van der Waals surface area contributed by atoms with Crippen molar-refractivity contribution in [1.82, 2.24) is 24.0 Å². The summed E-state index contributed by atoms with van der Waals surface area (Å²) >= 11 is 1.16. The third-order valence-electron chi connectivity index (χ3n) is 5.48. The van der Waals surface area contributed by atoms with E-state index in [1.54, 1.807) is 23.9 Å². The number of aryl methyl sites for hydroxylation is 1. The predicted molar refractivity (Wildman–Crippen MR) is 94.4 cm³/mol. The molecule has 0 saturated carbocycles. The highest BCUT2D eigenvalue weighted by Gasteiger charge is 2.50. The standard InChI is InChI=1S/C17H21N5O2S/c1-17-10-21(7-12-3-4-20(2)15(23)5-12)8-13(17)9-22(11-17)16(24)14-6-18-19-25-14/h3-6,13H,7-11H2,1-2H3/t13-,17+/m1/s1. The minimum absolute atomic E-state index is 0.0260. The highest BCUT2D eigenvalue weighted by atomic mass is 32.1. The smallest absolute Gasteiger partial charge is 0.267 e. The molecule has 2 fully saturated rings. The van der Waals surface area contributed by atoms with Gasteiger partial charge in [-0.25, -0.2) is 0 Å². The molecule has 2 aliphatic heterocycles. The average Bonchev–Trinajstić information content (AvgIpc) is 3.24. The highest BCUT2D eigenvalue weighted by molar-refractivity contribution is 7.07. The van der Waals surface area contributed by atoms with Gasteiger partial charge < -0.3 is 9.47 Å². The van der Waals surface area contributed by atoms with Gasteiger partial charge in [0.2, 0.25) is 0 Å². The molecule has 0 N–H and O–H groups in total. The van der Waals surface area contributed by atoms with Crippen molar-refractivity contribution in [3.05, 3.63) is 45.3 Å². The van der Waals surface area contributed by atoms with Gasteiger partial charge in [0.1, 0.15) is 4.88 Å². The number of likely N-dealkylation sites (tertiary alicyclic amines) is 2. The van der Waals surface area contributed by atoms with E-state index < -0.39 is 0 Å². The summed E-state index contributed by atoms with van der Waals surface area (Å²) < 4.78 is 5.37. The first kappa shape index (κ1) is 16.4. The largest absolute Gasteiger partial charge is 0.337 e. The summed E-state index contributed by atoms with van der Waals surface area (Å²) in [7, 11) is 1.76. The Morgan fingerprint density at radius 1 is 1.40 bits per heavy atom. The van der Waals surface area contributed by atoms with Crippen LogP contribution in [0.25, 0.3) is 0 Å². The molecule has 7 nitrogen and oxygen atoms in total. The fourth-order valence-corrected chi connectivity index (χ4v) is 4.58. The zero-order valence-electron chi connectivity index (χ0n) is 14.4. The van der Waals surface area contributed by atoms with Gasteiger partial charge in [-0.1, -0.05) is 11.4 Å². The van der Waals surface area contributed by atoms with E-state index in [0.29, 0.717) is 10.8 Å². The Hall–Kier alpha value is -2.06. The van der Waals surface area contributed by atoms with E-state index in [4.69, 9.17) is 0 Å². The van der Waals surface area contributed by atoms with E-state index in [-0.39, 0.29) is 16.9 Å². The van der Waals surface area contributed by atoms with Crippen molar-refractivity contribution in [2.75, 3.05) is 26.2 Å². The number of nitrogens with zero attached hydrogens (tertiary/aromatic N) is 5. The summed E-state index contributed by atoms with van der Waals surface area (Å²) in [4.78, 5) is 29.3. The molecule has 2 aliphatic rings. The Bertz CT molecular complexity index is 849. The van der Waals surface area contributed by atoms with Crippen molar-refractivity contribution in [2.45, 2.75) is 13.5 Å². The molecule has 2 atom stereocenters. The van der Waals surface area contributed by atoms with Crippen LogP contribution in [0, 0.1) is 11.3 Å². The molecular formula is C17H21N5O2S. The number of hydrogen-bond donors (Lipinski definition) is 0. The molecule has 2 saturated heterocycles. The molecule has 2 aromatic rings. The van der Waals surface area contributed by atoms with Gasteiger partial charge in [0.05, 0.1) is 6.20 Å². The third-order valence-corrected chi connectivity index (χ3v) is 6.13. The second-order valence-corrected chi connectivity index (χ2v) is 8.26. The molecule has 1 amide bonds. The van der Waals surface area contributed by atoms with E-state index in [1.165, 1.54) is 0 Å². The van der Waals surface area contributed by atoms with Crippen LogP contribution >= 0.6 is 11.5 Å². The minimum Gasteiger partial charge on any atom is -0.337 e. The molecule has 4 heterocycles. The van der Waals surface area contributed by atoms with E-state index in [0.717, 1.165) is 49.8 Å². The summed E-state index contributed by atoms with van der Waals surface area (Å²) in [5.74, 6) is 0.507. The quantitative estimate of drug-likeness (QED) is 0.812. The molecule has 8 heteroatoms. The molecular weight excluding hydrogens is 338 g/mol. The number of amides is 1. The highest BCUT2D eigenvalue weighted by Crippen LogP contribution is 2.42. The second-order valence-electron chi connectivity index (χ2n) is 7.47. The lowest BCUT2D eigenvalue weighted by atomic mass is 9.83. The van der Waals surface area contributed by atoms with Crippen LogP contribution in [0.5, 0.6) is 0 Å². The van der Waals surface area contributed by atoms with Crippen LogP contribution in [-0.4, -0.2) is 56.0 Å². The van der Waals surface area contributed by atoms with Crippen LogP contribution in [0.4, 0.5) is 0 Å². The first-order valence-corrected chi connectivity index (χ1v) is 9.16. The first-order chi connectivity index (χ1) is 11.9. The molecule has 2 aromatic heterocycles. The van der Waals surface area contributed by atoms with E-state index >= 15 is 0 Å². The normalized spacial score (nSPS) is 26.2. The van der Waals surface area contributed by atoms with Crippen LogP contribution in [0.1, 0.15) is 22.2 Å². The Morgan fingerprint density at radius 2 is 2.24 bits per heavy atom. The van der Waals surface area contributed by atoms with Crippen molar-refractivity contribution in [3.8, 4) is 0 Å². The summed E-state index contributed by atoms with van der Waals surface area (Å²) in [6.45, 7) is 6.49. The van der Waals surface area contributed by atoms with E-state index in [9.17, 15) is 9.59 Å². The van der Waals surface area contributed by atoms with Crippen molar-refractivity contribution in [1.29, 1.82) is 0 Å². The van der Waals surface area contributed by atoms with Gasteiger partial charge in [0.25, 0.3) is 11.5 Å². The Kier molecular flexibility index (Phi) is 3.96. The lowest BCUT2D eigenvalue weighted by Crippen LogP contribution is -2.35. The SMILES string of the molecule is Cn1ccc(CN2C[C@@H]3CN(C(=O)c4cnns4)C[C@]3(C)C2)cc1=O. The fourth-order valence-electron chi connectivity index (χ4n) is 4.10. The monoisotopic (exact) mass is 359 g/mol. The summed E-state index contributed by atoms with van der Waals surface area (Å²) in [6, 6.07) is 3.72. The Morgan fingerprint density at radius 3 is 2.92 bits per heavy atom. The van der Waals surface area contributed by atoms with Crippen molar-refractivity contribution < 1.29 is 4.79 Å². The van der Waals surface area contributed by atoms with Crippen molar-refractivity contribution in [2.24, 2.45) is 18.4 Å². The number of fused-ring (bicyclic) bond motifs is 1. The lowest BCUT2D eigenvalue weighted by Gasteiger charge is -2.25. The van der Waals surface area contributed by atoms with Gasteiger partial charge in [-0.2, -0.15) is 0 Å². The van der Waals surface area contributed by atoms with Crippen molar-refractivity contribution in [3.63, 3.8) is 0 Å². The molecule has 4 rings (SSSR count).